The summed E-state index contributed by atoms with van der Waals surface area (Å²) in [5.41, 5.74) is 7.77. The van der Waals surface area contributed by atoms with Crippen molar-refractivity contribution in [3.63, 3.8) is 0 Å². The van der Waals surface area contributed by atoms with E-state index < -0.39 is 0 Å². The van der Waals surface area contributed by atoms with E-state index in [1.807, 2.05) is 25.1 Å². The van der Waals surface area contributed by atoms with Gasteiger partial charge in [-0.2, -0.15) is 0 Å². The highest BCUT2D eigenvalue weighted by molar-refractivity contribution is 5.95. The second kappa shape index (κ2) is 5.39. The molecule has 5 heteroatoms. The van der Waals surface area contributed by atoms with Crippen LogP contribution < -0.4 is 11.1 Å². The number of nitrogens with two attached hydrogens (primary N) is 1. The minimum absolute atomic E-state index is 0.0960. The van der Waals surface area contributed by atoms with Crippen molar-refractivity contribution in [2.75, 3.05) is 5.73 Å². The lowest BCUT2D eigenvalue weighted by Gasteiger charge is -2.06. The Hall–Kier alpha value is -2.56. The number of pyridine rings is 1. The van der Waals surface area contributed by atoms with Gasteiger partial charge in [0.2, 0.25) is 0 Å². The maximum Gasteiger partial charge on any atom is 0.251 e. The lowest BCUT2D eigenvalue weighted by molar-refractivity contribution is 0.0950. The first-order chi connectivity index (χ1) is 9.06. The van der Waals surface area contributed by atoms with Crippen LogP contribution in [-0.4, -0.2) is 16.0 Å². The van der Waals surface area contributed by atoms with Gasteiger partial charge in [0.05, 0.1) is 17.9 Å². The normalized spacial score (nSPS) is 10.2. The van der Waals surface area contributed by atoms with Crippen LogP contribution in [0.2, 0.25) is 0 Å². The Labute approximate surface area is 111 Å². The fourth-order valence-corrected chi connectivity index (χ4v) is 1.66. The van der Waals surface area contributed by atoms with Crippen LogP contribution in [0, 0.1) is 6.92 Å². The Morgan fingerprint density at radius 2 is 2.16 bits per heavy atom. The molecular weight excluding hydrogens is 242 g/mol. The van der Waals surface area contributed by atoms with Gasteiger partial charge < -0.3 is 16.2 Å². The molecule has 1 amide bonds. The van der Waals surface area contributed by atoms with Crippen molar-refractivity contribution < 1.29 is 9.90 Å². The van der Waals surface area contributed by atoms with E-state index in [2.05, 4.69) is 10.3 Å². The topological polar surface area (TPSA) is 88.2 Å². The Kier molecular flexibility index (Phi) is 3.66. The van der Waals surface area contributed by atoms with Crippen molar-refractivity contribution in [1.82, 2.24) is 10.3 Å². The van der Waals surface area contributed by atoms with Crippen LogP contribution in [0.1, 0.15) is 21.7 Å². The highest BCUT2D eigenvalue weighted by Gasteiger charge is 2.08. The Morgan fingerprint density at radius 3 is 2.84 bits per heavy atom. The molecule has 0 unspecified atom stereocenters. The molecule has 0 radical (unpaired) electrons. The number of hydrogen-bond acceptors (Lipinski definition) is 4. The third-order valence-electron chi connectivity index (χ3n) is 2.67. The zero-order valence-corrected chi connectivity index (χ0v) is 10.6. The number of hydrogen-bond donors (Lipinski definition) is 3. The number of benzene rings is 1. The van der Waals surface area contributed by atoms with E-state index in [0.717, 1.165) is 11.4 Å². The zero-order valence-electron chi connectivity index (χ0n) is 10.6. The average molecular weight is 257 g/mol. The van der Waals surface area contributed by atoms with Crippen LogP contribution in [0.3, 0.4) is 0 Å². The first kappa shape index (κ1) is 12.9. The number of nitrogen functional groups attached to an aromatic ring is 1. The van der Waals surface area contributed by atoms with E-state index in [9.17, 15) is 9.90 Å². The van der Waals surface area contributed by atoms with Crippen molar-refractivity contribution in [2.24, 2.45) is 0 Å². The van der Waals surface area contributed by atoms with Gasteiger partial charge in [0.25, 0.3) is 5.91 Å². The van der Waals surface area contributed by atoms with E-state index in [4.69, 9.17) is 5.73 Å². The Balaban J connectivity index is 2.03. The first-order valence-corrected chi connectivity index (χ1v) is 5.85. The van der Waals surface area contributed by atoms with Crippen LogP contribution in [0.15, 0.2) is 36.4 Å². The summed E-state index contributed by atoms with van der Waals surface area (Å²) in [7, 11) is 0. The van der Waals surface area contributed by atoms with Gasteiger partial charge in [0.1, 0.15) is 5.75 Å². The summed E-state index contributed by atoms with van der Waals surface area (Å²) in [6, 6.07) is 10.0. The molecule has 0 atom stereocenters. The van der Waals surface area contributed by atoms with Crippen LogP contribution >= 0.6 is 0 Å². The molecule has 5 nitrogen and oxygen atoms in total. The molecule has 0 bridgehead atoms. The molecule has 1 aromatic heterocycles. The van der Waals surface area contributed by atoms with Crippen LogP contribution in [0.4, 0.5) is 5.69 Å². The number of phenolic OH excluding ortho intramolecular Hbond substituents is 1. The lowest BCUT2D eigenvalue weighted by atomic mass is 10.2. The summed E-state index contributed by atoms with van der Waals surface area (Å²) in [4.78, 5) is 16.2. The second-order valence-corrected chi connectivity index (χ2v) is 4.23. The molecule has 0 aliphatic rings. The van der Waals surface area contributed by atoms with E-state index in [1.165, 1.54) is 12.1 Å². The molecular formula is C14H15N3O2. The zero-order chi connectivity index (χ0) is 13.8. The van der Waals surface area contributed by atoms with E-state index in [1.54, 1.807) is 6.07 Å². The summed E-state index contributed by atoms with van der Waals surface area (Å²) in [5.74, 6) is -0.375. The van der Waals surface area contributed by atoms with Gasteiger partial charge in [0.15, 0.2) is 0 Å². The molecule has 98 valence electrons. The maximum atomic E-state index is 11.9. The fourth-order valence-electron chi connectivity index (χ4n) is 1.66. The van der Waals surface area contributed by atoms with Crippen LogP contribution in [0.5, 0.6) is 5.75 Å². The fraction of sp³-hybridized carbons (Fsp3) is 0.143. The number of aryl methyl sites for hydroxylation is 1. The summed E-state index contributed by atoms with van der Waals surface area (Å²) >= 11 is 0. The third-order valence-corrected chi connectivity index (χ3v) is 2.67. The highest BCUT2D eigenvalue weighted by atomic mass is 16.3. The molecule has 1 heterocycles. The molecule has 0 saturated heterocycles. The van der Waals surface area contributed by atoms with Crippen molar-refractivity contribution in [3.05, 3.63) is 53.3 Å². The average Bonchev–Trinajstić information content (AvgIpc) is 2.39. The number of phenols is 1. The largest absolute Gasteiger partial charge is 0.506 e. The van der Waals surface area contributed by atoms with Gasteiger partial charge in [-0.3, -0.25) is 9.78 Å². The molecule has 0 fully saturated rings. The minimum atomic E-state index is -0.279. The molecule has 0 aliphatic heterocycles. The number of nitrogens with zero attached hydrogens (tertiary/aromatic N) is 1. The van der Waals surface area contributed by atoms with E-state index in [0.29, 0.717) is 12.1 Å². The predicted octanol–water partition coefficient (Wildman–Crippen LogP) is 1.61. The summed E-state index contributed by atoms with van der Waals surface area (Å²) in [6.07, 6.45) is 0. The molecule has 0 aliphatic carbocycles. The van der Waals surface area contributed by atoms with Gasteiger partial charge in [0, 0.05) is 11.3 Å². The van der Waals surface area contributed by atoms with Crippen molar-refractivity contribution in [1.29, 1.82) is 0 Å². The summed E-state index contributed by atoms with van der Waals surface area (Å²) < 4.78 is 0. The molecule has 4 N–H and O–H groups in total. The minimum Gasteiger partial charge on any atom is -0.506 e. The second-order valence-electron chi connectivity index (χ2n) is 4.23. The summed E-state index contributed by atoms with van der Waals surface area (Å²) in [6.45, 7) is 2.23. The van der Waals surface area contributed by atoms with Gasteiger partial charge in [-0.15, -0.1) is 0 Å². The summed E-state index contributed by atoms with van der Waals surface area (Å²) in [5, 5.41) is 12.2. The van der Waals surface area contributed by atoms with Crippen molar-refractivity contribution >= 4 is 11.6 Å². The van der Waals surface area contributed by atoms with Crippen molar-refractivity contribution in [3.8, 4) is 5.75 Å². The van der Waals surface area contributed by atoms with Crippen LogP contribution in [-0.2, 0) is 6.54 Å². The predicted molar refractivity (Wildman–Crippen MR) is 72.7 cm³/mol. The highest BCUT2D eigenvalue weighted by Crippen LogP contribution is 2.20. The number of aromatic hydroxyl groups is 1. The molecule has 19 heavy (non-hydrogen) atoms. The number of carbonyl (C=O) groups is 1. The van der Waals surface area contributed by atoms with Gasteiger partial charge >= 0.3 is 0 Å². The number of carbonyl (C=O) groups excluding carboxylic acids is 1. The van der Waals surface area contributed by atoms with Gasteiger partial charge in [-0.25, -0.2) is 0 Å². The lowest BCUT2D eigenvalue weighted by Crippen LogP contribution is -2.23. The van der Waals surface area contributed by atoms with Gasteiger partial charge in [-0.05, 0) is 37.3 Å². The molecule has 1 aromatic carbocycles. The van der Waals surface area contributed by atoms with Crippen molar-refractivity contribution in [2.45, 2.75) is 13.5 Å². The number of amides is 1. The number of nitrogens with one attached hydrogen (secondary N) is 1. The third kappa shape index (κ3) is 3.22. The molecule has 0 saturated carbocycles. The Bertz CT molecular complexity index is 611. The molecule has 0 spiro atoms. The SMILES string of the molecule is Cc1cccc(CNC(=O)c2ccc(N)c(O)c2)n1. The number of rotatable bonds is 3. The molecule has 2 aromatic rings. The standard InChI is InChI=1S/C14H15N3O2/c1-9-3-2-4-11(17-9)8-16-14(19)10-5-6-12(15)13(18)7-10/h2-7,18H,8,15H2,1H3,(H,16,19). The van der Waals surface area contributed by atoms with E-state index in [-0.39, 0.29) is 17.3 Å². The monoisotopic (exact) mass is 257 g/mol. The Morgan fingerprint density at radius 1 is 1.37 bits per heavy atom. The quantitative estimate of drug-likeness (QED) is 0.575. The van der Waals surface area contributed by atoms with E-state index >= 15 is 0 Å². The maximum absolute atomic E-state index is 11.9. The smallest absolute Gasteiger partial charge is 0.251 e. The number of aromatic nitrogens is 1. The first-order valence-electron chi connectivity index (χ1n) is 5.85. The molecule has 2 rings (SSSR count). The number of anilines is 1. The van der Waals surface area contributed by atoms with Gasteiger partial charge in [-0.1, -0.05) is 6.07 Å². The van der Waals surface area contributed by atoms with Crippen LogP contribution in [0.25, 0.3) is 0 Å².